The Hall–Kier alpha value is -4.06. The molecule has 0 aromatic heterocycles. The van der Waals surface area contributed by atoms with Crippen LogP contribution in [0.25, 0.3) is 0 Å². The number of hydrogen-bond donors (Lipinski definition) is 4. The molecule has 4 aromatic carbocycles. The lowest BCUT2D eigenvalue weighted by molar-refractivity contribution is 0.0428. The lowest BCUT2D eigenvalue weighted by Crippen LogP contribution is -2.14. The molecule has 0 heterocycles. The van der Waals surface area contributed by atoms with E-state index in [1.807, 2.05) is 24.3 Å². The predicted molar refractivity (Wildman–Crippen MR) is 118 cm³/mol. The zero-order chi connectivity index (χ0) is 23.1. The third kappa shape index (κ3) is 5.98. The molecule has 0 saturated carbocycles. The van der Waals surface area contributed by atoms with Gasteiger partial charge in [0.05, 0.1) is 0 Å². The molecule has 4 N–H and O–H groups in total. The molecule has 0 aliphatic rings. The lowest BCUT2D eigenvalue weighted by Gasteiger charge is -2.17. The number of phenolic OH excluding ortho intramolecular Hbond substituents is 4. The van der Waals surface area contributed by atoms with Crippen LogP contribution in [0.5, 0.6) is 23.0 Å². The van der Waals surface area contributed by atoms with Crippen molar-refractivity contribution in [2.45, 2.75) is 12.3 Å². The van der Waals surface area contributed by atoms with Crippen molar-refractivity contribution in [1.82, 2.24) is 0 Å². The molecule has 0 spiro atoms. The SMILES string of the molecule is Oc1ccc(C(F)(F)c2ccc(O)cc2)cc1.Oc1ccc(Cc2ccc(O)cc2)cc1. The van der Waals surface area contributed by atoms with Gasteiger partial charge in [0.15, 0.2) is 0 Å². The van der Waals surface area contributed by atoms with E-state index in [1.54, 1.807) is 24.3 Å². The van der Waals surface area contributed by atoms with Crippen LogP contribution in [0.15, 0.2) is 97.1 Å². The van der Waals surface area contributed by atoms with Crippen molar-refractivity contribution in [3.8, 4) is 23.0 Å². The quantitative estimate of drug-likeness (QED) is 0.320. The molecule has 32 heavy (non-hydrogen) atoms. The molecule has 0 aliphatic carbocycles. The smallest absolute Gasteiger partial charge is 0.298 e. The predicted octanol–water partition coefficient (Wildman–Crippen LogP) is 5.93. The van der Waals surface area contributed by atoms with Gasteiger partial charge in [0.2, 0.25) is 0 Å². The maximum Gasteiger partial charge on any atom is 0.298 e. The summed E-state index contributed by atoms with van der Waals surface area (Å²) >= 11 is 0. The standard InChI is InChI=1S/C13H10F2O2.C13H12O2/c14-13(15,9-1-5-11(16)6-2-9)10-3-7-12(17)8-4-10;14-12-5-1-10(2-6-12)9-11-3-7-13(15)8-4-11/h1-8,16-17H;1-8,14-15H,9H2. The Morgan fingerprint density at radius 3 is 0.969 bits per heavy atom. The van der Waals surface area contributed by atoms with Crippen LogP contribution in [0.3, 0.4) is 0 Å². The number of benzene rings is 4. The van der Waals surface area contributed by atoms with Crippen LogP contribution in [-0.2, 0) is 12.3 Å². The second-order valence-corrected chi connectivity index (χ2v) is 7.18. The van der Waals surface area contributed by atoms with E-state index in [0.717, 1.165) is 17.5 Å². The number of halogens is 2. The molecule has 0 radical (unpaired) electrons. The van der Waals surface area contributed by atoms with Gasteiger partial charge in [-0.05, 0) is 90.3 Å². The number of phenols is 4. The van der Waals surface area contributed by atoms with E-state index in [2.05, 4.69) is 0 Å². The summed E-state index contributed by atoms with van der Waals surface area (Å²) in [7, 11) is 0. The van der Waals surface area contributed by atoms with Gasteiger partial charge in [-0.3, -0.25) is 0 Å². The van der Waals surface area contributed by atoms with Crippen molar-refractivity contribution < 1.29 is 29.2 Å². The topological polar surface area (TPSA) is 80.9 Å². The molecule has 0 bridgehead atoms. The molecule has 0 unspecified atom stereocenters. The minimum atomic E-state index is -3.15. The zero-order valence-corrected chi connectivity index (χ0v) is 17.0. The Bertz CT molecular complexity index is 1030. The average Bonchev–Trinajstić information content (AvgIpc) is 2.78. The number of rotatable bonds is 4. The van der Waals surface area contributed by atoms with Gasteiger partial charge in [-0.2, -0.15) is 8.78 Å². The number of hydrogen-bond acceptors (Lipinski definition) is 4. The highest BCUT2D eigenvalue weighted by atomic mass is 19.3. The van der Waals surface area contributed by atoms with Crippen LogP contribution >= 0.6 is 0 Å². The molecule has 6 heteroatoms. The van der Waals surface area contributed by atoms with Gasteiger partial charge in [0.25, 0.3) is 5.92 Å². The van der Waals surface area contributed by atoms with E-state index < -0.39 is 5.92 Å². The van der Waals surface area contributed by atoms with Gasteiger partial charge < -0.3 is 20.4 Å². The van der Waals surface area contributed by atoms with E-state index in [1.165, 1.54) is 48.5 Å². The first-order valence-corrected chi connectivity index (χ1v) is 9.76. The molecule has 0 atom stereocenters. The summed E-state index contributed by atoms with van der Waals surface area (Å²) in [6, 6.07) is 23.8. The summed E-state index contributed by atoms with van der Waals surface area (Å²) in [5, 5.41) is 36.4. The number of aromatic hydroxyl groups is 4. The molecule has 0 aliphatic heterocycles. The molecule has 0 amide bonds. The maximum absolute atomic E-state index is 14.0. The van der Waals surface area contributed by atoms with Crippen LogP contribution in [0.2, 0.25) is 0 Å². The zero-order valence-electron chi connectivity index (χ0n) is 17.0. The summed E-state index contributed by atoms with van der Waals surface area (Å²) in [6.45, 7) is 0. The third-order valence-corrected chi connectivity index (χ3v) is 4.74. The van der Waals surface area contributed by atoms with Crippen molar-refractivity contribution in [3.05, 3.63) is 119 Å². The highest BCUT2D eigenvalue weighted by Crippen LogP contribution is 2.36. The van der Waals surface area contributed by atoms with Crippen molar-refractivity contribution in [1.29, 1.82) is 0 Å². The summed E-state index contributed by atoms with van der Waals surface area (Å²) in [6.07, 6.45) is 0.806. The molecule has 4 rings (SSSR count). The van der Waals surface area contributed by atoms with Crippen LogP contribution in [0.1, 0.15) is 22.3 Å². The van der Waals surface area contributed by atoms with Gasteiger partial charge >= 0.3 is 0 Å². The molecule has 164 valence electrons. The molecule has 0 saturated heterocycles. The van der Waals surface area contributed by atoms with Crippen LogP contribution in [0, 0.1) is 0 Å². The minimum Gasteiger partial charge on any atom is -0.508 e. The largest absolute Gasteiger partial charge is 0.508 e. The van der Waals surface area contributed by atoms with Crippen molar-refractivity contribution in [2.24, 2.45) is 0 Å². The van der Waals surface area contributed by atoms with E-state index >= 15 is 0 Å². The van der Waals surface area contributed by atoms with Crippen molar-refractivity contribution >= 4 is 0 Å². The van der Waals surface area contributed by atoms with Crippen LogP contribution < -0.4 is 0 Å². The maximum atomic E-state index is 14.0. The average molecular weight is 436 g/mol. The van der Waals surface area contributed by atoms with Gasteiger partial charge in [-0.15, -0.1) is 0 Å². The molecule has 0 fully saturated rings. The first-order chi connectivity index (χ1) is 15.2. The lowest BCUT2D eigenvalue weighted by atomic mass is 10.0. The Kier molecular flexibility index (Phi) is 6.95. The second kappa shape index (κ2) is 9.83. The molecule has 4 nitrogen and oxygen atoms in total. The summed E-state index contributed by atoms with van der Waals surface area (Å²) in [5.41, 5.74) is 1.86. The summed E-state index contributed by atoms with van der Waals surface area (Å²) in [5.74, 6) is -2.71. The monoisotopic (exact) mass is 436 g/mol. The fourth-order valence-corrected chi connectivity index (χ4v) is 2.97. The highest BCUT2D eigenvalue weighted by Gasteiger charge is 2.33. The molecular formula is C26H22F2O4. The van der Waals surface area contributed by atoms with Crippen molar-refractivity contribution in [2.75, 3.05) is 0 Å². The van der Waals surface area contributed by atoms with Crippen LogP contribution in [0.4, 0.5) is 8.78 Å². The van der Waals surface area contributed by atoms with Gasteiger partial charge in [-0.1, -0.05) is 24.3 Å². The Morgan fingerprint density at radius 1 is 0.438 bits per heavy atom. The van der Waals surface area contributed by atoms with E-state index in [-0.39, 0.29) is 34.1 Å². The normalized spacial score (nSPS) is 10.8. The van der Waals surface area contributed by atoms with Gasteiger partial charge in [-0.25, -0.2) is 0 Å². The fourth-order valence-electron chi connectivity index (χ4n) is 2.97. The fraction of sp³-hybridized carbons (Fsp3) is 0.0769. The van der Waals surface area contributed by atoms with E-state index in [4.69, 9.17) is 20.4 Å². The van der Waals surface area contributed by atoms with Crippen LogP contribution in [-0.4, -0.2) is 20.4 Å². The van der Waals surface area contributed by atoms with Gasteiger partial charge in [0.1, 0.15) is 23.0 Å². The second-order valence-electron chi connectivity index (χ2n) is 7.18. The first-order valence-electron chi connectivity index (χ1n) is 9.76. The summed E-state index contributed by atoms with van der Waals surface area (Å²) < 4.78 is 28.0. The van der Waals surface area contributed by atoms with E-state index in [9.17, 15) is 8.78 Å². The van der Waals surface area contributed by atoms with Crippen molar-refractivity contribution in [3.63, 3.8) is 0 Å². The molecular weight excluding hydrogens is 414 g/mol. The highest BCUT2D eigenvalue weighted by molar-refractivity contribution is 5.38. The van der Waals surface area contributed by atoms with E-state index in [0.29, 0.717) is 0 Å². The third-order valence-electron chi connectivity index (χ3n) is 4.74. The molecule has 4 aromatic rings. The Balaban J connectivity index is 0.000000182. The van der Waals surface area contributed by atoms with Gasteiger partial charge in [0, 0.05) is 11.1 Å². The Labute approximate surface area is 184 Å². The summed E-state index contributed by atoms with van der Waals surface area (Å²) in [4.78, 5) is 0. The minimum absolute atomic E-state index is 0.0599. The number of alkyl halides is 2. The Morgan fingerprint density at radius 2 is 0.688 bits per heavy atom. The first kappa shape index (κ1) is 22.6.